The maximum Gasteiger partial charge on any atom is 0.290 e. The van der Waals surface area contributed by atoms with Gasteiger partial charge in [0.25, 0.3) is 5.91 Å². The van der Waals surface area contributed by atoms with Gasteiger partial charge < -0.3 is 14.6 Å². The Bertz CT molecular complexity index is 1290. The number of hydrogen-bond acceptors (Lipinski definition) is 5. The van der Waals surface area contributed by atoms with Crippen LogP contribution in [0.2, 0.25) is 0 Å². The van der Waals surface area contributed by atoms with Gasteiger partial charge in [-0.3, -0.25) is 9.59 Å². The van der Waals surface area contributed by atoms with E-state index in [2.05, 4.69) is 39.9 Å². The predicted octanol–water partition coefficient (Wildman–Crippen LogP) is 4.64. The van der Waals surface area contributed by atoms with Gasteiger partial charge in [-0.1, -0.05) is 48.5 Å². The Morgan fingerprint density at radius 2 is 1.88 bits per heavy atom. The summed E-state index contributed by atoms with van der Waals surface area (Å²) in [5.74, 6) is -0.177. The van der Waals surface area contributed by atoms with Crippen LogP contribution >= 0.6 is 11.3 Å². The van der Waals surface area contributed by atoms with E-state index in [0.29, 0.717) is 25.9 Å². The molecule has 5 rings (SSSR count). The number of thiazole rings is 1. The third kappa shape index (κ3) is 4.65. The zero-order chi connectivity index (χ0) is 23.5. The summed E-state index contributed by atoms with van der Waals surface area (Å²) in [7, 11) is 0. The van der Waals surface area contributed by atoms with Gasteiger partial charge in [0, 0.05) is 30.5 Å². The number of hydrogen-bond donors (Lipinski definition) is 1. The molecule has 0 spiro atoms. The summed E-state index contributed by atoms with van der Waals surface area (Å²) in [4.78, 5) is 32.4. The lowest BCUT2D eigenvalue weighted by molar-refractivity contribution is -0.126. The molecule has 2 aromatic heterocycles. The average molecular weight is 472 g/mol. The second-order valence-electron chi connectivity index (χ2n) is 8.39. The summed E-state index contributed by atoms with van der Waals surface area (Å²) < 4.78 is 5.32. The minimum Gasteiger partial charge on any atom is -0.459 e. The number of aryl methyl sites for hydroxylation is 1. The number of amides is 2. The lowest BCUT2D eigenvalue weighted by Gasteiger charge is -2.35. The second-order valence-corrected chi connectivity index (χ2v) is 9.45. The van der Waals surface area contributed by atoms with E-state index in [4.69, 9.17) is 4.42 Å². The summed E-state index contributed by atoms with van der Waals surface area (Å²) in [5.41, 5.74) is 5.36. The van der Waals surface area contributed by atoms with E-state index in [1.54, 1.807) is 28.4 Å². The molecule has 172 valence electrons. The molecule has 0 fully saturated rings. The van der Waals surface area contributed by atoms with Crippen LogP contribution in [-0.2, 0) is 24.2 Å². The highest BCUT2D eigenvalue weighted by molar-refractivity contribution is 7.09. The lowest BCUT2D eigenvalue weighted by atomic mass is 9.93. The molecule has 1 atom stereocenters. The van der Waals surface area contributed by atoms with Crippen LogP contribution in [0.25, 0.3) is 11.3 Å². The van der Waals surface area contributed by atoms with Gasteiger partial charge in [-0.05, 0) is 42.2 Å². The van der Waals surface area contributed by atoms with Crippen molar-refractivity contribution in [2.75, 3.05) is 6.54 Å². The maximum absolute atomic E-state index is 13.2. The molecule has 0 saturated heterocycles. The summed E-state index contributed by atoms with van der Waals surface area (Å²) in [6.45, 7) is 2.87. The molecule has 4 aromatic rings. The highest BCUT2D eigenvalue weighted by Gasteiger charge is 2.35. The third-order valence-corrected chi connectivity index (χ3v) is 6.90. The van der Waals surface area contributed by atoms with Crippen molar-refractivity contribution in [2.45, 2.75) is 32.4 Å². The summed E-state index contributed by atoms with van der Waals surface area (Å²) in [6, 6.07) is 18.9. The van der Waals surface area contributed by atoms with Gasteiger partial charge >= 0.3 is 0 Å². The van der Waals surface area contributed by atoms with Crippen LogP contribution in [0.5, 0.6) is 0 Å². The number of rotatable bonds is 6. The van der Waals surface area contributed by atoms with E-state index in [9.17, 15) is 9.59 Å². The van der Waals surface area contributed by atoms with Crippen molar-refractivity contribution in [2.24, 2.45) is 0 Å². The highest BCUT2D eigenvalue weighted by Crippen LogP contribution is 2.26. The highest BCUT2D eigenvalue weighted by atomic mass is 32.1. The van der Waals surface area contributed by atoms with Crippen molar-refractivity contribution in [3.05, 3.63) is 99.8 Å². The van der Waals surface area contributed by atoms with Crippen molar-refractivity contribution in [3.8, 4) is 11.3 Å². The molecule has 1 aliphatic heterocycles. The number of aromatic nitrogens is 1. The Labute approximate surface area is 202 Å². The van der Waals surface area contributed by atoms with Crippen molar-refractivity contribution in [1.82, 2.24) is 15.2 Å². The fraction of sp³-hybridized carbons (Fsp3) is 0.222. The van der Waals surface area contributed by atoms with Crippen molar-refractivity contribution in [1.29, 1.82) is 0 Å². The zero-order valence-corrected chi connectivity index (χ0v) is 19.7. The van der Waals surface area contributed by atoms with Crippen LogP contribution in [0.1, 0.15) is 32.3 Å². The minimum absolute atomic E-state index is 0.149. The van der Waals surface area contributed by atoms with E-state index in [-0.39, 0.29) is 17.6 Å². The van der Waals surface area contributed by atoms with Gasteiger partial charge in [0.15, 0.2) is 5.76 Å². The van der Waals surface area contributed by atoms with Gasteiger partial charge in [-0.2, -0.15) is 0 Å². The summed E-state index contributed by atoms with van der Waals surface area (Å²) >= 11 is 1.64. The molecule has 2 amide bonds. The quantitative estimate of drug-likeness (QED) is 0.445. The topological polar surface area (TPSA) is 75.4 Å². The zero-order valence-electron chi connectivity index (χ0n) is 18.9. The van der Waals surface area contributed by atoms with E-state index in [1.807, 2.05) is 31.2 Å². The Morgan fingerprint density at radius 3 is 2.59 bits per heavy atom. The van der Waals surface area contributed by atoms with E-state index in [0.717, 1.165) is 33.0 Å². The van der Waals surface area contributed by atoms with Crippen LogP contribution < -0.4 is 5.32 Å². The van der Waals surface area contributed by atoms with Crippen LogP contribution in [-0.4, -0.2) is 34.3 Å². The van der Waals surface area contributed by atoms with Crippen LogP contribution in [0.3, 0.4) is 0 Å². The van der Waals surface area contributed by atoms with E-state index >= 15 is 0 Å². The van der Waals surface area contributed by atoms with Gasteiger partial charge in [0.2, 0.25) is 5.91 Å². The predicted molar refractivity (Wildman–Crippen MR) is 132 cm³/mol. The molecule has 0 radical (unpaired) electrons. The molecule has 6 nitrogen and oxygen atoms in total. The first kappa shape index (κ1) is 22.1. The van der Waals surface area contributed by atoms with Crippen LogP contribution in [0, 0.1) is 6.92 Å². The van der Waals surface area contributed by atoms with E-state index < -0.39 is 6.04 Å². The lowest BCUT2D eigenvalue weighted by Crippen LogP contribution is -2.52. The molecule has 0 aliphatic carbocycles. The molecule has 0 bridgehead atoms. The SMILES string of the molecule is Cc1nc(-c2ccc(CCNC(=O)C3Cc4ccccc4CN3C(=O)c3ccco3)cc2)cs1. The van der Waals surface area contributed by atoms with Gasteiger partial charge in [0.05, 0.1) is 17.0 Å². The molecule has 1 N–H and O–H groups in total. The molecule has 34 heavy (non-hydrogen) atoms. The molecule has 1 aliphatic rings. The van der Waals surface area contributed by atoms with Crippen LogP contribution in [0.4, 0.5) is 0 Å². The normalized spacial score (nSPS) is 15.1. The number of carbonyl (C=O) groups excluding carboxylic acids is 2. The van der Waals surface area contributed by atoms with Gasteiger partial charge in [0.1, 0.15) is 6.04 Å². The van der Waals surface area contributed by atoms with Crippen molar-refractivity contribution >= 4 is 23.2 Å². The average Bonchev–Trinajstić information content (AvgIpc) is 3.55. The molecule has 7 heteroatoms. The van der Waals surface area contributed by atoms with Gasteiger partial charge in [-0.15, -0.1) is 11.3 Å². The summed E-state index contributed by atoms with van der Waals surface area (Å²) in [6.07, 6.45) is 2.66. The first-order valence-electron chi connectivity index (χ1n) is 11.3. The molecule has 0 saturated carbocycles. The fourth-order valence-corrected chi connectivity index (χ4v) is 4.92. The number of fused-ring (bicyclic) bond motifs is 1. The number of benzene rings is 2. The minimum atomic E-state index is -0.581. The molecular formula is C27H25N3O3S. The Balaban J connectivity index is 1.24. The Morgan fingerprint density at radius 1 is 1.09 bits per heavy atom. The summed E-state index contributed by atoms with van der Waals surface area (Å²) in [5, 5.41) is 6.14. The number of nitrogens with one attached hydrogen (secondary N) is 1. The molecule has 2 aromatic carbocycles. The van der Waals surface area contributed by atoms with Crippen molar-refractivity contribution < 1.29 is 14.0 Å². The molecule has 3 heterocycles. The smallest absolute Gasteiger partial charge is 0.290 e. The van der Waals surface area contributed by atoms with Crippen LogP contribution in [0.15, 0.2) is 76.7 Å². The second kappa shape index (κ2) is 9.65. The maximum atomic E-state index is 13.2. The first-order valence-corrected chi connectivity index (χ1v) is 12.2. The number of furan rings is 1. The monoisotopic (exact) mass is 471 g/mol. The molecular weight excluding hydrogens is 446 g/mol. The fourth-order valence-electron chi connectivity index (χ4n) is 4.30. The standard InChI is InChI=1S/C27H25N3O3S/c1-18-29-23(17-34-18)20-10-8-19(9-11-20)12-13-28-26(31)24-15-21-5-2-3-6-22(21)16-30(24)27(32)25-7-4-14-33-25/h2-11,14,17,24H,12-13,15-16H2,1H3,(H,28,31). The third-order valence-electron chi connectivity index (χ3n) is 6.13. The molecule has 1 unspecified atom stereocenters. The van der Waals surface area contributed by atoms with E-state index in [1.165, 1.54) is 6.26 Å². The Kier molecular flexibility index (Phi) is 6.27. The largest absolute Gasteiger partial charge is 0.459 e. The van der Waals surface area contributed by atoms with Crippen molar-refractivity contribution in [3.63, 3.8) is 0 Å². The number of carbonyl (C=O) groups is 2. The number of nitrogens with zero attached hydrogens (tertiary/aromatic N) is 2. The van der Waals surface area contributed by atoms with Gasteiger partial charge in [-0.25, -0.2) is 4.98 Å². The Hall–Kier alpha value is -3.71. The first-order chi connectivity index (χ1) is 16.6.